The summed E-state index contributed by atoms with van der Waals surface area (Å²) < 4.78 is 35.8. The second kappa shape index (κ2) is 12.8. The van der Waals surface area contributed by atoms with Gasteiger partial charge in [-0.2, -0.15) is 0 Å². The minimum absolute atomic E-state index is 0.0897. The molecule has 202 valence electrons. The molecule has 0 radical (unpaired) electrons. The summed E-state index contributed by atoms with van der Waals surface area (Å²) in [5.41, 5.74) is 1.34. The topological polar surface area (TPSA) is 102 Å². The van der Waals surface area contributed by atoms with Gasteiger partial charge in [0.05, 0.1) is 32.5 Å². The van der Waals surface area contributed by atoms with Gasteiger partial charge in [0.2, 0.25) is 5.90 Å². The number of aliphatic imine (C=N–C) groups is 1. The van der Waals surface area contributed by atoms with Gasteiger partial charge in [-0.1, -0.05) is 32.1 Å². The van der Waals surface area contributed by atoms with Crippen LogP contribution >= 0.6 is 0 Å². The Morgan fingerprint density at radius 3 is 2.29 bits per heavy atom. The number of nitrogens with zero attached hydrogens (tertiary/aromatic N) is 1. The molecule has 1 heterocycles. The van der Waals surface area contributed by atoms with Gasteiger partial charge in [0, 0.05) is 19.2 Å². The summed E-state index contributed by atoms with van der Waals surface area (Å²) in [5, 5.41) is 11.6. The summed E-state index contributed by atoms with van der Waals surface area (Å²) in [7, 11) is 5.86. The normalized spacial score (nSPS) is 11.3. The molecule has 38 heavy (non-hydrogen) atoms. The predicted octanol–water partition coefficient (Wildman–Crippen LogP) is 5.40. The van der Waals surface area contributed by atoms with E-state index in [1.54, 1.807) is 24.3 Å². The lowest BCUT2D eigenvalue weighted by atomic mass is 9.95. The van der Waals surface area contributed by atoms with E-state index >= 15 is 0 Å². The monoisotopic (exact) mass is 524 g/mol. The van der Waals surface area contributed by atoms with Crippen LogP contribution in [-0.4, -0.2) is 44.4 Å². The quantitative estimate of drug-likeness (QED) is 0.198. The number of unbranched alkanes of at least 4 members (excludes halogenated alkanes) is 1. The van der Waals surface area contributed by atoms with Gasteiger partial charge in [-0.05, 0) is 42.7 Å². The maximum atomic E-state index is 13.8. The third-order valence-electron chi connectivity index (χ3n) is 6.00. The Kier molecular flexibility index (Phi) is 9.54. The third kappa shape index (κ3) is 5.99. The SMILES string of the molecule is C=C(Cc1ccc(F)c(OC)c1)OC(=NC)c1c(O)c(-c2c(OC)cccc2OC)c(CCCC)[nH]c1=O. The Labute approximate surface area is 221 Å². The summed E-state index contributed by atoms with van der Waals surface area (Å²) in [6, 6.07) is 9.66. The highest BCUT2D eigenvalue weighted by Gasteiger charge is 2.27. The number of aromatic amines is 1. The first-order chi connectivity index (χ1) is 18.3. The summed E-state index contributed by atoms with van der Waals surface area (Å²) in [4.78, 5) is 20.3. The van der Waals surface area contributed by atoms with E-state index in [0.29, 0.717) is 40.3 Å². The molecule has 0 amide bonds. The summed E-state index contributed by atoms with van der Waals surface area (Å²) in [5.74, 6) is 0.301. The van der Waals surface area contributed by atoms with Crippen LogP contribution in [0.25, 0.3) is 11.1 Å². The molecule has 2 aromatic carbocycles. The number of rotatable bonds is 11. The Hall–Kier alpha value is -4.27. The van der Waals surface area contributed by atoms with E-state index < -0.39 is 11.4 Å². The maximum Gasteiger partial charge on any atom is 0.264 e. The number of hydrogen-bond donors (Lipinski definition) is 2. The number of benzene rings is 2. The van der Waals surface area contributed by atoms with E-state index in [2.05, 4.69) is 16.6 Å². The zero-order chi connectivity index (χ0) is 27.8. The second-order valence-corrected chi connectivity index (χ2v) is 8.49. The Bertz CT molecular complexity index is 1370. The number of aromatic nitrogens is 1. The molecule has 0 aliphatic carbocycles. The molecule has 0 aliphatic heterocycles. The van der Waals surface area contributed by atoms with Crippen molar-refractivity contribution in [2.45, 2.75) is 32.6 Å². The highest BCUT2D eigenvalue weighted by molar-refractivity contribution is 6.00. The van der Waals surface area contributed by atoms with Crippen molar-refractivity contribution in [3.8, 4) is 34.1 Å². The standard InChI is InChI=1S/C29H33FN2O6/c1-7-8-10-20-24(25-21(35-4)11-9-12-22(25)36-5)27(33)26(28(34)32-20)29(31-3)38-17(2)15-18-13-14-19(30)23(16-18)37-6/h9,11-14,16H,2,7-8,10,15H2,1,3-6H3,(H2,32,33,34). The average Bonchev–Trinajstić information content (AvgIpc) is 2.91. The van der Waals surface area contributed by atoms with Gasteiger partial charge in [-0.15, -0.1) is 0 Å². The fourth-order valence-corrected chi connectivity index (χ4v) is 4.17. The number of aryl methyl sites for hydroxylation is 1. The molecule has 9 heteroatoms. The van der Waals surface area contributed by atoms with E-state index in [-0.39, 0.29) is 35.1 Å². The zero-order valence-corrected chi connectivity index (χ0v) is 22.3. The average molecular weight is 525 g/mol. The van der Waals surface area contributed by atoms with Gasteiger partial charge in [0.25, 0.3) is 5.56 Å². The van der Waals surface area contributed by atoms with Crippen molar-refractivity contribution >= 4 is 5.90 Å². The molecule has 0 unspecified atom stereocenters. The molecule has 0 bridgehead atoms. The lowest BCUT2D eigenvalue weighted by molar-refractivity contribution is 0.383. The molecule has 3 aromatic rings. The fourth-order valence-electron chi connectivity index (χ4n) is 4.17. The molecule has 2 N–H and O–H groups in total. The molecule has 0 aliphatic rings. The highest BCUT2D eigenvalue weighted by Crippen LogP contribution is 2.44. The number of nitrogens with one attached hydrogen (secondary N) is 1. The van der Waals surface area contributed by atoms with Crippen molar-refractivity contribution in [3.05, 3.63) is 81.7 Å². The van der Waals surface area contributed by atoms with Gasteiger partial charge >= 0.3 is 0 Å². The zero-order valence-electron chi connectivity index (χ0n) is 22.3. The van der Waals surface area contributed by atoms with Crippen molar-refractivity contribution in [3.63, 3.8) is 0 Å². The number of aromatic hydroxyl groups is 1. The summed E-state index contributed by atoms with van der Waals surface area (Å²) in [6.07, 6.45) is 2.36. The van der Waals surface area contributed by atoms with Crippen LogP contribution in [0.3, 0.4) is 0 Å². The van der Waals surface area contributed by atoms with Crippen LogP contribution in [0.2, 0.25) is 0 Å². The first-order valence-corrected chi connectivity index (χ1v) is 12.1. The van der Waals surface area contributed by atoms with E-state index in [1.165, 1.54) is 40.5 Å². The van der Waals surface area contributed by atoms with E-state index in [1.807, 2.05) is 6.92 Å². The number of halogens is 1. The molecule has 0 fully saturated rings. The lowest BCUT2D eigenvalue weighted by Gasteiger charge is -2.20. The minimum atomic E-state index is -0.567. The molecule has 3 rings (SSSR count). The van der Waals surface area contributed by atoms with E-state index in [0.717, 1.165) is 12.8 Å². The Morgan fingerprint density at radius 1 is 1.05 bits per heavy atom. The first-order valence-electron chi connectivity index (χ1n) is 12.1. The molecular weight excluding hydrogens is 491 g/mol. The van der Waals surface area contributed by atoms with Crippen molar-refractivity contribution in [1.82, 2.24) is 4.98 Å². The number of pyridine rings is 1. The van der Waals surface area contributed by atoms with Crippen LogP contribution in [0.5, 0.6) is 23.0 Å². The van der Waals surface area contributed by atoms with Crippen LogP contribution < -0.4 is 19.8 Å². The lowest BCUT2D eigenvalue weighted by Crippen LogP contribution is -2.23. The highest BCUT2D eigenvalue weighted by atomic mass is 19.1. The molecule has 0 saturated carbocycles. The fraction of sp³-hybridized carbons (Fsp3) is 0.310. The molecule has 1 aromatic heterocycles. The smallest absolute Gasteiger partial charge is 0.264 e. The molecule has 0 atom stereocenters. The van der Waals surface area contributed by atoms with Crippen molar-refractivity contribution in [2.75, 3.05) is 28.4 Å². The number of allylic oxidation sites excluding steroid dienone is 1. The number of ether oxygens (including phenoxy) is 4. The van der Waals surface area contributed by atoms with Gasteiger partial charge in [-0.25, -0.2) is 4.39 Å². The van der Waals surface area contributed by atoms with Crippen molar-refractivity contribution in [2.24, 2.45) is 4.99 Å². The van der Waals surface area contributed by atoms with Crippen LogP contribution in [-0.2, 0) is 17.6 Å². The summed E-state index contributed by atoms with van der Waals surface area (Å²) >= 11 is 0. The molecule has 0 spiro atoms. The maximum absolute atomic E-state index is 13.8. The Balaban J connectivity index is 2.10. The van der Waals surface area contributed by atoms with Crippen LogP contribution in [0, 0.1) is 5.82 Å². The molecular formula is C29H33FN2O6. The predicted molar refractivity (Wildman–Crippen MR) is 145 cm³/mol. The third-order valence-corrected chi connectivity index (χ3v) is 6.00. The van der Waals surface area contributed by atoms with Crippen molar-refractivity contribution < 1.29 is 28.4 Å². The van der Waals surface area contributed by atoms with Gasteiger partial charge < -0.3 is 29.0 Å². The Morgan fingerprint density at radius 2 is 1.71 bits per heavy atom. The second-order valence-electron chi connectivity index (χ2n) is 8.49. The van der Waals surface area contributed by atoms with Crippen LogP contribution in [0.4, 0.5) is 4.39 Å². The van der Waals surface area contributed by atoms with Gasteiger partial charge in [0.15, 0.2) is 11.6 Å². The number of H-pyrrole nitrogens is 1. The molecule has 0 saturated heterocycles. The number of methoxy groups -OCH3 is 3. The van der Waals surface area contributed by atoms with Crippen LogP contribution in [0.1, 0.15) is 36.6 Å². The van der Waals surface area contributed by atoms with Gasteiger partial charge in [-0.3, -0.25) is 9.79 Å². The minimum Gasteiger partial charge on any atom is -0.506 e. The van der Waals surface area contributed by atoms with Crippen LogP contribution in [0.15, 0.2) is 58.5 Å². The van der Waals surface area contributed by atoms with E-state index in [4.69, 9.17) is 18.9 Å². The molecule has 8 nitrogen and oxygen atoms in total. The summed E-state index contributed by atoms with van der Waals surface area (Å²) in [6.45, 7) is 5.96. The van der Waals surface area contributed by atoms with Crippen molar-refractivity contribution in [1.29, 1.82) is 0 Å². The van der Waals surface area contributed by atoms with E-state index in [9.17, 15) is 14.3 Å². The van der Waals surface area contributed by atoms with Gasteiger partial charge in [0.1, 0.15) is 28.6 Å². The largest absolute Gasteiger partial charge is 0.506 e. The first kappa shape index (κ1) is 28.3. The number of hydrogen-bond acceptors (Lipinski definition) is 7.